The van der Waals surface area contributed by atoms with Crippen molar-refractivity contribution < 1.29 is 0 Å². The van der Waals surface area contributed by atoms with Gasteiger partial charge in [0.1, 0.15) is 0 Å². The summed E-state index contributed by atoms with van der Waals surface area (Å²) >= 11 is 0. The van der Waals surface area contributed by atoms with E-state index in [1.165, 1.54) is 24.9 Å². The standard InChI is InChI=1S/C18H30N2/c1-14(2)11-18(16-7-5-4-6-8-16)20-10-9-15(3)17(12-19)13-20/h4-8,14-15,17-18H,9-13,19H2,1-3H3. The normalized spacial score (nSPS) is 25.9. The zero-order valence-electron chi connectivity index (χ0n) is 13.3. The van der Waals surface area contributed by atoms with Crippen molar-refractivity contribution in [1.82, 2.24) is 4.90 Å². The fraction of sp³-hybridized carbons (Fsp3) is 0.667. The monoisotopic (exact) mass is 274 g/mol. The molecule has 2 nitrogen and oxygen atoms in total. The Bertz CT molecular complexity index is 388. The predicted molar refractivity (Wildman–Crippen MR) is 86.5 cm³/mol. The van der Waals surface area contributed by atoms with Gasteiger partial charge in [-0.05, 0) is 49.2 Å². The summed E-state index contributed by atoms with van der Waals surface area (Å²) in [6, 6.07) is 11.5. The number of nitrogens with zero attached hydrogens (tertiary/aromatic N) is 1. The van der Waals surface area contributed by atoms with Crippen molar-refractivity contribution >= 4 is 0 Å². The van der Waals surface area contributed by atoms with E-state index in [2.05, 4.69) is 56.0 Å². The molecule has 1 heterocycles. The molecule has 0 aromatic heterocycles. The lowest BCUT2D eigenvalue weighted by Crippen LogP contribution is -2.44. The van der Waals surface area contributed by atoms with Gasteiger partial charge in [-0.15, -0.1) is 0 Å². The van der Waals surface area contributed by atoms with Gasteiger partial charge >= 0.3 is 0 Å². The van der Waals surface area contributed by atoms with Crippen LogP contribution in [0.25, 0.3) is 0 Å². The van der Waals surface area contributed by atoms with Crippen LogP contribution < -0.4 is 5.73 Å². The first-order valence-corrected chi connectivity index (χ1v) is 8.10. The lowest BCUT2D eigenvalue weighted by molar-refractivity contribution is 0.0805. The molecule has 20 heavy (non-hydrogen) atoms. The molecule has 3 atom stereocenters. The average Bonchev–Trinajstić information content (AvgIpc) is 2.46. The van der Waals surface area contributed by atoms with Crippen molar-refractivity contribution in [1.29, 1.82) is 0 Å². The van der Waals surface area contributed by atoms with Gasteiger partial charge < -0.3 is 5.73 Å². The zero-order valence-corrected chi connectivity index (χ0v) is 13.3. The van der Waals surface area contributed by atoms with Crippen molar-refractivity contribution in [2.75, 3.05) is 19.6 Å². The Kier molecular flexibility index (Phi) is 5.62. The van der Waals surface area contributed by atoms with E-state index >= 15 is 0 Å². The zero-order chi connectivity index (χ0) is 14.5. The maximum absolute atomic E-state index is 5.97. The molecule has 0 saturated carbocycles. The van der Waals surface area contributed by atoms with Crippen molar-refractivity contribution in [2.24, 2.45) is 23.5 Å². The fourth-order valence-corrected chi connectivity index (χ4v) is 3.39. The van der Waals surface area contributed by atoms with Gasteiger partial charge in [0, 0.05) is 12.6 Å². The number of benzene rings is 1. The summed E-state index contributed by atoms with van der Waals surface area (Å²) in [5.74, 6) is 2.14. The number of likely N-dealkylation sites (tertiary alicyclic amines) is 1. The van der Waals surface area contributed by atoms with Gasteiger partial charge in [-0.3, -0.25) is 4.90 Å². The van der Waals surface area contributed by atoms with Crippen molar-refractivity contribution in [3.05, 3.63) is 35.9 Å². The minimum Gasteiger partial charge on any atom is -0.330 e. The van der Waals surface area contributed by atoms with Crippen LogP contribution >= 0.6 is 0 Å². The minimum absolute atomic E-state index is 0.553. The summed E-state index contributed by atoms with van der Waals surface area (Å²) in [5, 5.41) is 0. The Morgan fingerprint density at radius 3 is 2.55 bits per heavy atom. The van der Waals surface area contributed by atoms with Crippen LogP contribution in [-0.2, 0) is 0 Å². The molecule has 0 spiro atoms. The van der Waals surface area contributed by atoms with Gasteiger partial charge in [-0.25, -0.2) is 0 Å². The molecule has 0 bridgehead atoms. The molecule has 0 radical (unpaired) electrons. The van der Waals surface area contributed by atoms with Crippen LogP contribution in [0.4, 0.5) is 0 Å². The molecule has 1 aliphatic rings. The summed E-state index contributed by atoms with van der Waals surface area (Å²) in [6.07, 6.45) is 2.51. The molecule has 1 saturated heterocycles. The first kappa shape index (κ1) is 15.5. The molecule has 112 valence electrons. The smallest absolute Gasteiger partial charge is 0.0350 e. The number of piperidine rings is 1. The summed E-state index contributed by atoms with van der Waals surface area (Å²) in [7, 11) is 0. The van der Waals surface area contributed by atoms with E-state index in [9.17, 15) is 0 Å². The lowest BCUT2D eigenvalue weighted by Gasteiger charge is -2.42. The molecule has 1 aromatic carbocycles. The molecule has 2 rings (SSSR count). The van der Waals surface area contributed by atoms with Gasteiger partial charge in [0.25, 0.3) is 0 Å². The Labute approximate surface area is 124 Å². The molecule has 2 heteroatoms. The van der Waals surface area contributed by atoms with E-state index < -0.39 is 0 Å². The third-order valence-corrected chi connectivity index (χ3v) is 4.77. The van der Waals surface area contributed by atoms with Crippen molar-refractivity contribution in [3.8, 4) is 0 Å². The Hall–Kier alpha value is -0.860. The third kappa shape index (κ3) is 3.83. The average molecular weight is 274 g/mol. The van der Waals surface area contributed by atoms with Gasteiger partial charge in [0.2, 0.25) is 0 Å². The highest BCUT2D eigenvalue weighted by Gasteiger charge is 2.30. The molecule has 2 N–H and O–H groups in total. The molecule has 0 aliphatic carbocycles. The first-order valence-electron chi connectivity index (χ1n) is 8.10. The first-order chi connectivity index (χ1) is 9.61. The molecule has 0 amide bonds. The van der Waals surface area contributed by atoms with Crippen LogP contribution in [0.15, 0.2) is 30.3 Å². The largest absolute Gasteiger partial charge is 0.330 e. The topological polar surface area (TPSA) is 29.3 Å². The highest BCUT2D eigenvalue weighted by Crippen LogP contribution is 2.33. The van der Waals surface area contributed by atoms with Crippen LogP contribution in [0.3, 0.4) is 0 Å². The van der Waals surface area contributed by atoms with E-state index in [4.69, 9.17) is 5.73 Å². The van der Waals surface area contributed by atoms with Crippen molar-refractivity contribution in [2.45, 2.75) is 39.7 Å². The quantitative estimate of drug-likeness (QED) is 0.887. The second-order valence-electron chi connectivity index (χ2n) is 6.81. The summed E-state index contributed by atoms with van der Waals surface area (Å²) in [4.78, 5) is 2.67. The summed E-state index contributed by atoms with van der Waals surface area (Å²) < 4.78 is 0. The summed E-state index contributed by atoms with van der Waals surface area (Å²) in [6.45, 7) is 10.2. The van der Waals surface area contributed by atoms with Crippen molar-refractivity contribution in [3.63, 3.8) is 0 Å². The van der Waals surface area contributed by atoms with E-state index in [0.717, 1.165) is 24.9 Å². The minimum atomic E-state index is 0.553. The third-order valence-electron chi connectivity index (χ3n) is 4.77. The number of hydrogen-bond donors (Lipinski definition) is 1. The molecule has 1 fully saturated rings. The fourth-order valence-electron chi connectivity index (χ4n) is 3.39. The molecular weight excluding hydrogens is 244 g/mol. The molecule has 1 aliphatic heterocycles. The number of nitrogens with two attached hydrogens (primary N) is 1. The second-order valence-corrected chi connectivity index (χ2v) is 6.81. The van der Waals surface area contributed by atoms with Crippen LogP contribution in [0.5, 0.6) is 0 Å². The van der Waals surface area contributed by atoms with Crippen LogP contribution in [-0.4, -0.2) is 24.5 Å². The highest BCUT2D eigenvalue weighted by atomic mass is 15.2. The van der Waals surface area contributed by atoms with Gasteiger partial charge in [0.15, 0.2) is 0 Å². The van der Waals surface area contributed by atoms with E-state index in [0.29, 0.717) is 12.0 Å². The van der Waals surface area contributed by atoms with E-state index in [1.54, 1.807) is 0 Å². The predicted octanol–water partition coefficient (Wildman–Crippen LogP) is 3.69. The maximum atomic E-state index is 5.97. The van der Waals surface area contributed by atoms with Gasteiger partial charge in [0.05, 0.1) is 0 Å². The number of hydrogen-bond acceptors (Lipinski definition) is 2. The Morgan fingerprint density at radius 1 is 1.25 bits per heavy atom. The Balaban J connectivity index is 2.15. The van der Waals surface area contributed by atoms with Gasteiger partial charge in [-0.2, -0.15) is 0 Å². The lowest BCUT2D eigenvalue weighted by atomic mass is 9.84. The SMILES string of the molecule is CC(C)CC(c1ccccc1)N1CCC(C)C(CN)C1. The van der Waals surface area contributed by atoms with E-state index in [1.807, 2.05) is 0 Å². The number of rotatable bonds is 5. The van der Waals surface area contributed by atoms with Gasteiger partial charge in [-0.1, -0.05) is 51.1 Å². The highest BCUT2D eigenvalue weighted by molar-refractivity contribution is 5.19. The van der Waals surface area contributed by atoms with Crippen LogP contribution in [0.1, 0.15) is 45.2 Å². The molecule has 1 aromatic rings. The second kappa shape index (κ2) is 7.24. The summed E-state index contributed by atoms with van der Waals surface area (Å²) in [5.41, 5.74) is 7.43. The van der Waals surface area contributed by atoms with Crippen LogP contribution in [0.2, 0.25) is 0 Å². The van der Waals surface area contributed by atoms with Crippen LogP contribution in [0, 0.1) is 17.8 Å². The maximum Gasteiger partial charge on any atom is 0.0350 e. The molecule has 3 unspecified atom stereocenters. The Morgan fingerprint density at radius 2 is 1.95 bits per heavy atom. The van der Waals surface area contributed by atoms with E-state index in [-0.39, 0.29) is 0 Å². The molecular formula is C18H30N2.